The molecule has 0 aliphatic rings. The van der Waals surface area contributed by atoms with Gasteiger partial charge < -0.3 is 0 Å². The Morgan fingerprint density at radius 2 is 2.10 bits per heavy atom. The van der Waals surface area contributed by atoms with Gasteiger partial charge in [-0.25, -0.2) is 4.68 Å². The lowest BCUT2D eigenvalue weighted by Crippen LogP contribution is -2.24. The first kappa shape index (κ1) is 15.2. The largest absolute Gasteiger partial charge is 0.270 e. The van der Waals surface area contributed by atoms with Gasteiger partial charge in [0, 0.05) is 5.56 Å². The van der Waals surface area contributed by atoms with E-state index in [0.29, 0.717) is 26.6 Å². The number of aryl methyl sites for hydroxylation is 1. The molecule has 0 aliphatic heterocycles. The molecule has 0 spiro atoms. The number of hydrogen-bond acceptors (Lipinski definition) is 4. The first-order valence-electron chi connectivity index (χ1n) is 5.84. The second-order valence-corrected chi connectivity index (χ2v) is 5.91. The predicted molar refractivity (Wildman–Crippen MR) is 81.3 cm³/mol. The second-order valence-electron chi connectivity index (χ2n) is 3.87. The number of halogens is 2. The minimum Gasteiger partial charge on any atom is -0.267 e. The zero-order valence-electron chi connectivity index (χ0n) is 10.9. The Kier molecular flexibility index (Phi) is 4.91. The van der Waals surface area contributed by atoms with Gasteiger partial charge in [0.2, 0.25) is 5.16 Å². The first-order chi connectivity index (χ1) is 9.52. The number of thioether (sulfide) groups is 1. The number of nitrogens with zero attached hydrogens (tertiary/aromatic N) is 3. The first-order valence-corrected chi connectivity index (χ1v) is 7.58. The average Bonchev–Trinajstić information content (AvgIpc) is 2.75. The summed E-state index contributed by atoms with van der Waals surface area (Å²) in [7, 11) is 0. The molecule has 2 aromatic rings. The fourth-order valence-corrected chi connectivity index (χ4v) is 2.46. The highest BCUT2D eigenvalue weighted by molar-refractivity contribution is 7.99. The van der Waals surface area contributed by atoms with Crippen molar-refractivity contribution in [1.82, 2.24) is 14.9 Å². The molecule has 5 nitrogen and oxygen atoms in total. The minimum absolute atomic E-state index is 0.301. The molecule has 8 heteroatoms. The number of hydrogen-bond donors (Lipinski definition) is 1. The molecule has 0 fully saturated rings. The van der Waals surface area contributed by atoms with Crippen molar-refractivity contribution < 1.29 is 4.79 Å². The minimum atomic E-state index is -0.301. The molecule has 2 rings (SSSR count). The number of nitrogens with one attached hydrogen (secondary N) is 1. The molecule has 0 radical (unpaired) electrons. The van der Waals surface area contributed by atoms with Gasteiger partial charge in [0.15, 0.2) is 0 Å². The summed E-state index contributed by atoms with van der Waals surface area (Å²) in [6, 6.07) is 4.71. The third-order valence-corrected chi connectivity index (χ3v) is 4.01. The standard InChI is InChI=1S/C12H12Cl2N4OS/c1-3-20-12-16-15-7(2)18(12)17-11(19)8-4-5-9(13)10(14)6-8/h4-6H,3H2,1-2H3,(H,17,19). The molecule has 1 heterocycles. The lowest BCUT2D eigenvalue weighted by molar-refractivity contribution is 0.101. The Hall–Kier alpha value is -1.24. The zero-order chi connectivity index (χ0) is 14.7. The molecule has 0 saturated heterocycles. The SMILES string of the molecule is CCSc1nnc(C)n1NC(=O)c1ccc(Cl)c(Cl)c1. The molecule has 0 aliphatic carbocycles. The summed E-state index contributed by atoms with van der Waals surface area (Å²) in [5.74, 6) is 1.14. The molecule has 0 saturated carbocycles. The van der Waals surface area contributed by atoms with Crippen molar-refractivity contribution in [3.63, 3.8) is 0 Å². The third-order valence-electron chi connectivity index (χ3n) is 2.46. The summed E-state index contributed by atoms with van der Waals surface area (Å²) < 4.78 is 1.55. The van der Waals surface area contributed by atoms with Crippen molar-refractivity contribution in [3.8, 4) is 0 Å². The lowest BCUT2D eigenvalue weighted by atomic mass is 10.2. The Labute approximate surface area is 130 Å². The summed E-state index contributed by atoms with van der Waals surface area (Å²) in [5, 5.41) is 9.32. The molecule has 0 unspecified atom stereocenters. The van der Waals surface area contributed by atoms with Crippen LogP contribution in [0.15, 0.2) is 23.4 Å². The van der Waals surface area contributed by atoms with E-state index in [4.69, 9.17) is 23.2 Å². The highest BCUT2D eigenvalue weighted by Gasteiger charge is 2.13. The van der Waals surface area contributed by atoms with Crippen LogP contribution in [0.5, 0.6) is 0 Å². The van der Waals surface area contributed by atoms with Crippen LogP contribution in [0.25, 0.3) is 0 Å². The van der Waals surface area contributed by atoms with Crippen LogP contribution in [0.3, 0.4) is 0 Å². The van der Waals surface area contributed by atoms with E-state index in [0.717, 1.165) is 5.75 Å². The molecule has 106 valence electrons. The molecule has 1 N–H and O–H groups in total. The van der Waals surface area contributed by atoms with Crippen LogP contribution < -0.4 is 5.43 Å². The van der Waals surface area contributed by atoms with E-state index in [1.165, 1.54) is 17.8 Å². The van der Waals surface area contributed by atoms with Gasteiger partial charge in [-0.3, -0.25) is 10.2 Å². The molecule has 1 amide bonds. The normalized spacial score (nSPS) is 10.6. The van der Waals surface area contributed by atoms with Crippen molar-refractivity contribution >= 4 is 40.9 Å². The lowest BCUT2D eigenvalue weighted by Gasteiger charge is -2.10. The van der Waals surface area contributed by atoms with Gasteiger partial charge >= 0.3 is 0 Å². The summed E-state index contributed by atoms with van der Waals surface area (Å²) in [6.07, 6.45) is 0. The summed E-state index contributed by atoms with van der Waals surface area (Å²) >= 11 is 13.2. The molecular formula is C12H12Cl2N4OS. The Balaban J connectivity index is 2.23. The van der Waals surface area contributed by atoms with E-state index in [2.05, 4.69) is 15.6 Å². The Bertz CT molecular complexity index is 644. The fraction of sp³-hybridized carbons (Fsp3) is 0.250. The number of rotatable bonds is 4. The van der Waals surface area contributed by atoms with Crippen LogP contribution in [-0.2, 0) is 0 Å². The van der Waals surface area contributed by atoms with Gasteiger partial charge in [-0.2, -0.15) is 0 Å². The van der Waals surface area contributed by atoms with Gasteiger partial charge in [-0.1, -0.05) is 41.9 Å². The monoisotopic (exact) mass is 330 g/mol. The van der Waals surface area contributed by atoms with E-state index in [9.17, 15) is 4.79 Å². The number of carbonyl (C=O) groups excluding carboxylic acids is 1. The molecule has 0 atom stereocenters. The van der Waals surface area contributed by atoms with Crippen molar-refractivity contribution in [3.05, 3.63) is 39.6 Å². The van der Waals surface area contributed by atoms with E-state index in [1.807, 2.05) is 6.92 Å². The maximum atomic E-state index is 12.2. The number of carbonyl (C=O) groups is 1. The van der Waals surface area contributed by atoms with E-state index in [1.54, 1.807) is 23.7 Å². The number of aromatic nitrogens is 3. The number of benzene rings is 1. The molecule has 0 bridgehead atoms. The fourth-order valence-electron chi connectivity index (χ4n) is 1.50. The second kappa shape index (κ2) is 6.47. The molecule has 1 aromatic carbocycles. The van der Waals surface area contributed by atoms with Crippen LogP contribution in [0.2, 0.25) is 10.0 Å². The summed E-state index contributed by atoms with van der Waals surface area (Å²) in [6.45, 7) is 3.77. The maximum Gasteiger partial charge on any atom is 0.270 e. The average molecular weight is 331 g/mol. The van der Waals surface area contributed by atoms with Gasteiger partial charge in [-0.15, -0.1) is 10.2 Å². The third kappa shape index (κ3) is 3.26. The summed E-state index contributed by atoms with van der Waals surface area (Å²) in [4.78, 5) is 12.2. The molecule has 1 aromatic heterocycles. The van der Waals surface area contributed by atoms with Crippen LogP contribution in [0, 0.1) is 6.92 Å². The van der Waals surface area contributed by atoms with Crippen molar-refractivity contribution in [2.24, 2.45) is 0 Å². The van der Waals surface area contributed by atoms with Crippen molar-refractivity contribution in [2.45, 2.75) is 19.0 Å². The number of amides is 1. The highest BCUT2D eigenvalue weighted by Crippen LogP contribution is 2.23. The van der Waals surface area contributed by atoms with Gasteiger partial charge in [-0.05, 0) is 30.9 Å². The smallest absolute Gasteiger partial charge is 0.267 e. The zero-order valence-corrected chi connectivity index (χ0v) is 13.2. The van der Waals surface area contributed by atoms with Crippen LogP contribution in [0.1, 0.15) is 23.1 Å². The van der Waals surface area contributed by atoms with Crippen LogP contribution in [-0.4, -0.2) is 26.5 Å². The van der Waals surface area contributed by atoms with Gasteiger partial charge in [0.05, 0.1) is 10.0 Å². The quantitative estimate of drug-likeness (QED) is 0.873. The summed E-state index contributed by atoms with van der Waals surface area (Å²) in [5.41, 5.74) is 3.15. The van der Waals surface area contributed by atoms with Crippen molar-refractivity contribution in [1.29, 1.82) is 0 Å². The van der Waals surface area contributed by atoms with E-state index < -0.39 is 0 Å². The Morgan fingerprint density at radius 1 is 1.35 bits per heavy atom. The highest BCUT2D eigenvalue weighted by atomic mass is 35.5. The topological polar surface area (TPSA) is 59.8 Å². The predicted octanol–water partition coefficient (Wildman–Crippen LogP) is 3.39. The van der Waals surface area contributed by atoms with E-state index >= 15 is 0 Å². The molecular weight excluding hydrogens is 319 g/mol. The van der Waals surface area contributed by atoms with Gasteiger partial charge in [0.25, 0.3) is 5.91 Å². The van der Waals surface area contributed by atoms with Gasteiger partial charge in [0.1, 0.15) is 5.82 Å². The van der Waals surface area contributed by atoms with Crippen LogP contribution in [0.4, 0.5) is 0 Å². The Morgan fingerprint density at radius 3 is 2.75 bits per heavy atom. The van der Waals surface area contributed by atoms with E-state index in [-0.39, 0.29) is 5.91 Å². The molecule has 20 heavy (non-hydrogen) atoms. The maximum absolute atomic E-state index is 12.2. The van der Waals surface area contributed by atoms with Crippen LogP contribution >= 0.6 is 35.0 Å². The van der Waals surface area contributed by atoms with Crippen molar-refractivity contribution in [2.75, 3.05) is 11.2 Å².